The van der Waals surface area contributed by atoms with Crippen LogP contribution < -0.4 is 4.84 Å². The Bertz CT molecular complexity index is 529. The zero-order valence-electron chi connectivity index (χ0n) is 9.22. The van der Waals surface area contributed by atoms with Gasteiger partial charge in [0.2, 0.25) is 11.8 Å². The maximum atomic E-state index is 11.6. The summed E-state index contributed by atoms with van der Waals surface area (Å²) in [5.74, 6) is -1.90. The molecule has 0 spiro atoms. The molecule has 0 fully saturated rings. The number of nitrogens with zero attached hydrogens (tertiary/aromatic N) is 1. The molecule has 0 aliphatic rings. The average Bonchev–Trinajstić information content (AvgIpc) is 2.70. The van der Waals surface area contributed by atoms with E-state index in [4.69, 9.17) is 0 Å². The molecule has 1 aromatic heterocycles. The molecule has 0 aliphatic heterocycles. The van der Waals surface area contributed by atoms with Crippen LogP contribution in [0, 0.1) is 0 Å². The number of hydrogen-bond donors (Lipinski definition) is 3. The second kappa shape index (κ2) is 4.80. The van der Waals surface area contributed by atoms with Gasteiger partial charge in [0.15, 0.2) is 6.10 Å². The quantitative estimate of drug-likeness (QED) is 0.740. The molecule has 94 valence electrons. The third kappa shape index (κ3) is 2.28. The van der Waals surface area contributed by atoms with Crippen LogP contribution in [0.2, 0.25) is 0 Å². The van der Waals surface area contributed by atoms with Gasteiger partial charge in [-0.1, -0.05) is 30.3 Å². The van der Waals surface area contributed by atoms with Crippen LogP contribution >= 0.6 is 0 Å². The van der Waals surface area contributed by atoms with Gasteiger partial charge < -0.3 is 20.2 Å². The summed E-state index contributed by atoms with van der Waals surface area (Å²) in [5.41, 5.74) is 0.355. The molecule has 3 N–H and O–H groups in total. The van der Waals surface area contributed by atoms with Gasteiger partial charge in [-0.3, -0.25) is 0 Å². The number of aromatic hydroxyl groups is 2. The summed E-state index contributed by atoms with van der Waals surface area (Å²) in [4.78, 5) is 16.3. The number of hydrogen-bond acceptors (Lipinski definition) is 5. The zero-order chi connectivity index (χ0) is 13.1. The van der Waals surface area contributed by atoms with Gasteiger partial charge >= 0.3 is 5.97 Å². The fourth-order valence-electron chi connectivity index (χ4n) is 1.41. The SMILES string of the molecule is O=C(On1c(O)ccc1O)C(O)c1ccccc1. The monoisotopic (exact) mass is 249 g/mol. The highest BCUT2D eigenvalue weighted by Gasteiger charge is 2.21. The number of aromatic nitrogens is 1. The fraction of sp³-hybridized carbons (Fsp3) is 0.0833. The van der Waals surface area contributed by atoms with Gasteiger partial charge in [0.25, 0.3) is 0 Å². The Balaban J connectivity index is 2.14. The molecule has 1 heterocycles. The Hall–Kier alpha value is -2.47. The normalized spacial score (nSPS) is 12.1. The highest BCUT2D eigenvalue weighted by molar-refractivity contribution is 5.76. The predicted octanol–water partition coefficient (Wildman–Crippen LogP) is 0.588. The Labute approximate surface area is 102 Å². The predicted molar refractivity (Wildman–Crippen MR) is 60.8 cm³/mol. The summed E-state index contributed by atoms with van der Waals surface area (Å²) >= 11 is 0. The maximum Gasteiger partial charge on any atom is 0.365 e. The third-order valence-electron chi connectivity index (χ3n) is 2.32. The minimum absolute atomic E-state index is 0.355. The lowest BCUT2D eigenvalue weighted by Crippen LogP contribution is -2.25. The Morgan fingerprint density at radius 3 is 2.17 bits per heavy atom. The van der Waals surface area contributed by atoms with Crippen molar-refractivity contribution < 1.29 is 25.0 Å². The van der Waals surface area contributed by atoms with E-state index >= 15 is 0 Å². The molecule has 6 heteroatoms. The first-order valence-electron chi connectivity index (χ1n) is 5.14. The van der Waals surface area contributed by atoms with Gasteiger partial charge in [-0.25, -0.2) is 4.79 Å². The molecule has 2 rings (SSSR count). The Morgan fingerprint density at radius 2 is 1.61 bits per heavy atom. The van der Waals surface area contributed by atoms with E-state index in [0.29, 0.717) is 10.3 Å². The summed E-state index contributed by atoms with van der Waals surface area (Å²) < 4.78 is 0.522. The molecular formula is C12H11NO5. The number of carbonyl (C=O) groups is 1. The van der Waals surface area contributed by atoms with Crippen LogP contribution in [-0.2, 0) is 4.79 Å². The van der Waals surface area contributed by atoms with Crippen molar-refractivity contribution in [2.75, 3.05) is 0 Å². The fourth-order valence-corrected chi connectivity index (χ4v) is 1.41. The largest absolute Gasteiger partial charge is 0.492 e. The first kappa shape index (κ1) is 12.0. The van der Waals surface area contributed by atoms with E-state index in [1.54, 1.807) is 30.3 Å². The van der Waals surface area contributed by atoms with Crippen molar-refractivity contribution >= 4 is 5.97 Å². The first-order chi connectivity index (χ1) is 8.59. The molecule has 0 radical (unpaired) electrons. The Kier molecular flexibility index (Phi) is 3.20. The zero-order valence-corrected chi connectivity index (χ0v) is 9.22. The summed E-state index contributed by atoms with van der Waals surface area (Å²) in [5, 5.41) is 28.3. The van der Waals surface area contributed by atoms with Gasteiger partial charge in [-0.2, -0.15) is 0 Å². The summed E-state index contributed by atoms with van der Waals surface area (Å²) in [6.07, 6.45) is -1.49. The second-order valence-corrected chi connectivity index (χ2v) is 3.57. The van der Waals surface area contributed by atoms with E-state index in [-0.39, 0.29) is 0 Å². The molecule has 0 aliphatic carbocycles. The smallest absolute Gasteiger partial charge is 0.365 e. The van der Waals surface area contributed by atoms with Crippen LogP contribution in [-0.4, -0.2) is 26.0 Å². The van der Waals surface area contributed by atoms with E-state index in [9.17, 15) is 20.1 Å². The van der Waals surface area contributed by atoms with Gasteiger partial charge in [-0.15, -0.1) is 4.73 Å². The van der Waals surface area contributed by atoms with Crippen LogP contribution in [0.25, 0.3) is 0 Å². The lowest BCUT2D eigenvalue weighted by Gasteiger charge is -2.11. The number of rotatable bonds is 3. The first-order valence-corrected chi connectivity index (χ1v) is 5.14. The molecule has 0 amide bonds. The van der Waals surface area contributed by atoms with Gasteiger partial charge in [0, 0.05) is 12.1 Å². The molecule has 0 bridgehead atoms. The van der Waals surface area contributed by atoms with Crippen molar-refractivity contribution in [3.8, 4) is 11.8 Å². The number of aliphatic hydroxyl groups is 1. The molecular weight excluding hydrogens is 238 g/mol. The highest BCUT2D eigenvalue weighted by Crippen LogP contribution is 2.20. The molecule has 18 heavy (non-hydrogen) atoms. The maximum absolute atomic E-state index is 11.6. The van der Waals surface area contributed by atoms with E-state index < -0.39 is 23.8 Å². The highest BCUT2D eigenvalue weighted by atomic mass is 16.7. The lowest BCUT2D eigenvalue weighted by atomic mass is 10.1. The van der Waals surface area contributed by atoms with Crippen molar-refractivity contribution in [3.63, 3.8) is 0 Å². The van der Waals surface area contributed by atoms with Crippen molar-refractivity contribution in [3.05, 3.63) is 48.0 Å². The van der Waals surface area contributed by atoms with Crippen molar-refractivity contribution in [2.45, 2.75) is 6.10 Å². The van der Waals surface area contributed by atoms with Crippen LogP contribution in [0.3, 0.4) is 0 Å². The third-order valence-corrected chi connectivity index (χ3v) is 2.32. The van der Waals surface area contributed by atoms with Gasteiger partial charge in [0.05, 0.1) is 0 Å². The van der Waals surface area contributed by atoms with Gasteiger partial charge in [-0.05, 0) is 5.56 Å². The van der Waals surface area contributed by atoms with E-state index in [1.807, 2.05) is 0 Å². The second-order valence-electron chi connectivity index (χ2n) is 3.57. The average molecular weight is 249 g/mol. The standard InChI is InChI=1S/C12H11NO5/c14-9-6-7-10(15)13(9)18-12(17)11(16)8-4-2-1-3-5-8/h1-7,11,14-16H. The van der Waals surface area contributed by atoms with Gasteiger partial charge in [0.1, 0.15) is 0 Å². The Morgan fingerprint density at radius 1 is 1.06 bits per heavy atom. The molecule has 1 unspecified atom stereocenters. The lowest BCUT2D eigenvalue weighted by molar-refractivity contribution is -0.155. The number of aliphatic hydroxyl groups excluding tert-OH is 1. The summed E-state index contributed by atoms with van der Waals surface area (Å²) in [6.45, 7) is 0. The molecule has 1 aromatic carbocycles. The van der Waals surface area contributed by atoms with Crippen LogP contribution in [0.1, 0.15) is 11.7 Å². The molecule has 2 aromatic rings. The number of carbonyl (C=O) groups excluding carboxylic acids is 1. The molecule has 1 atom stereocenters. The van der Waals surface area contributed by atoms with E-state index in [0.717, 1.165) is 12.1 Å². The minimum Gasteiger partial charge on any atom is -0.492 e. The molecule has 6 nitrogen and oxygen atoms in total. The van der Waals surface area contributed by atoms with Crippen molar-refractivity contribution in [1.82, 2.24) is 4.73 Å². The molecule has 0 saturated carbocycles. The van der Waals surface area contributed by atoms with E-state index in [1.165, 1.54) is 0 Å². The topological polar surface area (TPSA) is 91.9 Å². The number of benzene rings is 1. The van der Waals surface area contributed by atoms with E-state index in [2.05, 4.69) is 4.84 Å². The van der Waals surface area contributed by atoms with Crippen LogP contribution in [0.4, 0.5) is 0 Å². The molecule has 0 saturated heterocycles. The summed E-state index contributed by atoms with van der Waals surface area (Å²) in [6, 6.07) is 10.5. The summed E-state index contributed by atoms with van der Waals surface area (Å²) in [7, 11) is 0. The van der Waals surface area contributed by atoms with Crippen LogP contribution in [0.5, 0.6) is 11.8 Å². The van der Waals surface area contributed by atoms with Crippen molar-refractivity contribution in [2.24, 2.45) is 0 Å². The minimum atomic E-state index is -1.49. The van der Waals surface area contributed by atoms with Crippen LogP contribution in [0.15, 0.2) is 42.5 Å². The van der Waals surface area contributed by atoms with Crippen molar-refractivity contribution in [1.29, 1.82) is 0 Å².